The van der Waals surface area contributed by atoms with Gasteiger partial charge in [0, 0.05) is 25.8 Å². The Kier molecular flexibility index (Phi) is 6.13. The van der Waals surface area contributed by atoms with Crippen molar-refractivity contribution in [3.8, 4) is 0 Å². The summed E-state index contributed by atoms with van der Waals surface area (Å²) in [6.07, 6.45) is 4.88. The Morgan fingerprint density at radius 2 is 1.94 bits per heavy atom. The highest BCUT2D eigenvalue weighted by Crippen LogP contribution is 2.66. The van der Waals surface area contributed by atoms with Gasteiger partial charge in [0.05, 0.1) is 18.3 Å². The van der Waals surface area contributed by atoms with Gasteiger partial charge >= 0.3 is 6.18 Å². The van der Waals surface area contributed by atoms with Crippen LogP contribution < -0.4 is 0 Å². The van der Waals surface area contributed by atoms with Crippen LogP contribution in [0.4, 0.5) is 17.6 Å². The Hall–Kier alpha value is -1.44. The van der Waals surface area contributed by atoms with Crippen LogP contribution in [0.3, 0.4) is 0 Å². The normalized spacial score (nSPS) is 42.1. The molecule has 0 aliphatic heterocycles. The van der Waals surface area contributed by atoms with E-state index in [1.165, 1.54) is 0 Å². The van der Waals surface area contributed by atoms with E-state index in [1.807, 2.05) is 0 Å². The van der Waals surface area contributed by atoms with Gasteiger partial charge in [0.2, 0.25) is 0 Å². The monoisotopic (exact) mass is 484 g/mol. The van der Waals surface area contributed by atoms with Crippen LogP contribution in [0, 0.1) is 40.9 Å². The highest BCUT2D eigenvalue weighted by molar-refractivity contribution is 5.82. The summed E-state index contributed by atoms with van der Waals surface area (Å²) in [7, 11) is 1.72. The quantitative estimate of drug-likeness (QED) is 0.475. The first-order valence-corrected chi connectivity index (χ1v) is 12.9. The maximum atomic E-state index is 16.6. The van der Waals surface area contributed by atoms with Gasteiger partial charge in [-0.05, 0) is 92.8 Å². The van der Waals surface area contributed by atoms with E-state index in [0.29, 0.717) is 30.8 Å². The van der Waals surface area contributed by atoms with Crippen LogP contribution >= 0.6 is 0 Å². The van der Waals surface area contributed by atoms with Crippen molar-refractivity contribution in [3.63, 3.8) is 0 Å². The first-order valence-electron chi connectivity index (χ1n) is 12.9. The van der Waals surface area contributed by atoms with Crippen molar-refractivity contribution < 1.29 is 27.1 Å². The largest absolute Gasteiger partial charge is 0.419 e. The van der Waals surface area contributed by atoms with Crippen molar-refractivity contribution in [1.29, 1.82) is 0 Å². The fraction of sp³-hybridized carbons (Fsp3) is 0.846. The molecule has 34 heavy (non-hydrogen) atoms. The molecule has 0 spiro atoms. The molecule has 0 bridgehead atoms. The number of alkyl halides is 4. The second-order valence-electron chi connectivity index (χ2n) is 11.7. The van der Waals surface area contributed by atoms with E-state index in [1.54, 1.807) is 7.11 Å². The Balaban J connectivity index is 1.29. The molecule has 0 radical (unpaired) electrons. The number of hydrogen-bond donors (Lipinski definition) is 0. The third-order valence-electron chi connectivity index (χ3n) is 10.2. The number of fused-ring (bicyclic) bond motifs is 5. The molecule has 0 amide bonds. The van der Waals surface area contributed by atoms with Crippen LogP contribution in [0.2, 0.25) is 0 Å². The van der Waals surface area contributed by atoms with E-state index >= 15 is 4.39 Å². The molecule has 1 aromatic rings. The molecule has 4 aliphatic carbocycles. The molecule has 4 fully saturated rings. The van der Waals surface area contributed by atoms with E-state index in [4.69, 9.17) is 4.74 Å². The second-order valence-corrected chi connectivity index (χ2v) is 11.7. The minimum atomic E-state index is -4.46. The summed E-state index contributed by atoms with van der Waals surface area (Å²) in [6.45, 7) is 2.76. The molecule has 0 N–H and O–H groups in total. The van der Waals surface area contributed by atoms with Crippen molar-refractivity contribution in [2.45, 2.75) is 83.1 Å². The molecule has 4 aliphatic rings. The lowest BCUT2D eigenvalue weighted by molar-refractivity contribution is -0.148. The van der Waals surface area contributed by atoms with Gasteiger partial charge in [-0.3, -0.25) is 9.48 Å². The van der Waals surface area contributed by atoms with E-state index in [0.717, 1.165) is 68.4 Å². The van der Waals surface area contributed by atoms with Crippen molar-refractivity contribution in [2.75, 3.05) is 13.7 Å². The lowest BCUT2D eigenvalue weighted by Crippen LogP contribution is -2.57. The van der Waals surface area contributed by atoms with Gasteiger partial charge in [0.15, 0.2) is 5.78 Å². The van der Waals surface area contributed by atoms with Crippen LogP contribution in [0.25, 0.3) is 0 Å². The molecule has 190 valence electrons. The van der Waals surface area contributed by atoms with Gasteiger partial charge < -0.3 is 4.74 Å². The molecule has 4 nitrogen and oxygen atoms in total. The number of carbonyl (C=O) groups is 1. The van der Waals surface area contributed by atoms with Crippen molar-refractivity contribution in [2.24, 2.45) is 40.9 Å². The van der Waals surface area contributed by atoms with Gasteiger partial charge in [-0.1, -0.05) is 6.92 Å². The molecular formula is C26H36F4N2O2. The Labute approximate surface area is 198 Å². The predicted molar refractivity (Wildman–Crippen MR) is 119 cm³/mol. The number of aromatic nitrogens is 2. The van der Waals surface area contributed by atoms with E-state index in [2.05, 4.69) is 12.0 Å². The molecule has 0 aromatic carbocycles. The standard InChI is InChI=1S/C26H36F4N2O2/c1-24-9-8-21-19(4-3-17-11-16(15-34-2)7-10-25(17,21)27)20(24)5-6-22(24)23(33)14-32-13-18(12-31-32)26(28,29)30/h12-13,16-17,19-22H,3-11,14-15H2,1-2H3/t16-,17+,19-,20?,21?,22+,24-,25+/m0/s1. The summed E-state index contributed by atoms with van der Waals surface area (Å²) >= 11 is 0. The summed E-state index contributed by atoms with van der Waals surface area (Å²) in [5.41, 5.74) is -2.13. The molecule has 8 heteroatoms. The zero-order chi connectivity index (χ0) is 24.3. The molecular weight excluding hydrogens is 448 g/mol. The second kappa shape index (κ2) is 8.59. The molecule has 0 saturated heterocycles. The van der Waals surface area contributed by atoms with Crippen LogP contribution in [0.15, 0.2) is 12.4 Å². The van der Waals surface area contributed by atoms with Crippen molar-refractivity contribution in [3.05, 3.63) is 18.0 Å². The fourth-order valence-corrected chi connectivity index (χ4v) is 8.65. The minimum absolute atomic E-state index is 0.0380. The summed E-state index contributed by atoms with van der Waals surface area (Å²) < 4.78 is 61.8. The number of Topliss-reactive ketones (excluding diaryl/α,β-unsaturated/α-hetero) is 1. The Morgan fingerprint density at radius 3 is 2.65 bits per heavy atom. The van der Waals surface area contributed by atoms with Gasteiger partial charge in [-0.15, -0.1) is 0 Å². The maximum Gasteiger partial charge on any atom is 0.419 e. The number of ether oxygens (including phenoxy) is 1. The third-order valence-corrected chi connectivity index (χ3v) is 10.2. The number of nitrogens with zero attached hydrogens (tertiary/aromatic N) is 2. The predicted octanol–water partition coefficient (Wildman–Crippen LogP) is 6.09. The van der Waals surface area contributed by atoms with Crippen LogP contribution in [-0.4, -0.2) is 34.9 Å². The SMILES string of the molecule is COC[C@H]1CC[C@]2(F)C3CC[C@@]4(C)C(CC[C@@H]4C(=O)Cn4cc(C(F)(F)F)cn4)[C@@H]3CC[C@@H]2C1. The lowest BCUT2D eigenvalue weighted by Gasteiger charge is -2.58. The topological polar surface area (TPSA) is 44.1 Å². The van der Waals surface area contributed by atoms with Gasteiger partial charge in [0.25, 0.3) is 0 Å². The van der Waals surface area contributed by atoms with E-state index < -0.39 is 17.4 Å². The summed E-state index contributed by atoms with van der Waals surface area (Å²) in [5, 5.41) is 3.78. The average molecular weight is 485 g/mol. The lowest BCUT2D eigenvalue weighted by atomic mass is 9.48. The first-order chi connectivity index (χ1) is 16.1. The smallest absolute Gasteiger partial charge is 0.384 e. The third kappa shape index (κ3) is 3.92. The highest BCUT2D eigenvalue weighted by Gasteiger charge is 2.63. The van der Waals surface area contributed by atoms with Crippen molar-refractivity contribution in [1.82, 2.24) is 9.78 Å². The summed E-state index contributed by atoms with van der Waals surface area (Å²) in [5.74, 6) is 1.03. The van der Waals surface area contributed by atoms with Crippen LogP contribution in [0.1, 0.15) is 70.3 Å². The van der Waals surface area contributed by atoms with E-state index in [-0.39, 0.29) is 35.5 Å². The number of ketones is 1. The molecule has 8 atom stereocenters. The fourth-order valence-electron chi connectivity index (χ4n) is 8.65. The number of halogens is 4. The first kappa shape index (κ1) is 24.3. The number of methoxy groups -OCH3 is 1. The molecule has 4 saturated carbocycles. The molecule has 2 unspecified atom stereocenters. The van der Waals surface area contributed by atoms with Gasteiger partial charge in [-0.25, -0.2) is 4.39 Å². The number of rotatable bonds is 5. The zero-order valence-electron chi connectivity index (χ0n) is 20.1. The van der Waals surface area contributed by atoms with Crippen LogP contribution in [0.5, 0.6) is 0 Å². The number of hydrogen-bond acceptors (Lipinski definition) is 3. The minimum Gasteiger partial charge on any atom is -0.384 e. The van der Waals surface area contributed by atoms with Gasteiger partial charge in [0.1, 0.15) is 5.67 Å². The number of carbonyl (C=O) groups excluding carboxylic acids is 1. The van der Waals surface area contributed by atoms with Crippen LogP contribution in [-0.2, 0) is 22.3 Å². The highest BCUT2D eigenvalue weighted by atomic mass is 19.4. The van der Waals surface area contributed by atoms with E-state index in [9.17, 15) is 18.0 Å². The summed E-state index contributed by atoms with van der Waals surface area (Å²) in [4.78, 5) is 13.3. The molecule has 1 heterocycles. The Morgan fingerprint density at radius 1 is 1.15 bits per heavy atom. The zero-order valence-corrected chi connectivity index (χ0v) is 20.1. The maximum absolute atomic E-state index is 16.6. The average Bonchev–Trinajstić information content (AvgIpc) is 3.38. The molecule has 5 rings (SSSR count). The molecule has 1 aromatic heterocycles. The summed E-state index contributed by atoms with van der Waals surface area (Å²) in [6, 6.07) is 0. The van der Waals surface area contributed by atoms with Gasteiger partial charge in [-0.2, -0.15) is 18.3 Å². The Bertz CT molecular complexity index is 917. The van der Waals surface area contributed by atoms with Crippen molar-refractivity contribution >= 4 is 5.78 Å².